The Morgan fingerprint density at radius 2 is 1.90 bits per heavy atom. The molecule has 6 heteroatoms. The monoisotopic (exact) mass is 413 g/mol. The Hall–Kier alpha value is 0.310. The molecule has 118 valence electrons. The summed E-state index contributed by atoms with van der Waals surface area (Å²) in [5.41, 5.74) is 6.00. The van der Waals surface area contributed by atoms with Crippen LogP contribution in [-0.2, 0) is 4.74 Å². The van der Waals surface area contributed by atoms with Crippen LogP contribution in [0, 0.1) is 0 Å². The SMILES string of the molecule is I.NC(=NCCCOC1CCCCC1)N1CCSCC1. The summed E-state index contributed by atoms with van der Waals surface area (Å²) in [6.07, 6.45) is 8.04. The van der Waals surface area contributed by atoms with Gasteiger partial charge in [0.15, 0.2) is 5.96 Å². The molecule has 0 atom stereocenters. The summed E-state index contributed by atoms with van der Waals surface area (Å²) in [6, 6.07) is 0. The average molecular weight is 413 g/mol. The van der Waals surface area contributed by atoms with Crippen LogP contribution in [0.25, 0.3) is 0 Å². The van der Waals surface area contributed by atoms with Crippen LogP contribution in [0.5, 0.6) is 0 Å². The molecule has 0 spiro atoms. The lowest BCUT2D eigenvalue weighted by atomic mass is 9.98. The predicted molar refractivity (Wildman–Crippen MR) is 98.2 cm³/mol. The quantitative estimate of drug-likeness (QED) is 0.326. The van der Waals surface area contributed by atoms with E-state index in [1.807, 2.05) is 11.8 Å². The van der Waals surface area contributed by atoms with Crippen LogP contribution < -0.4 is 5.73 Å². The van der Waals surface area contributed by atoms with Crippen LogP contribution >= 0.6 is 35.7 Å². The molecule has 20 heavy (non-hydrogen) atoms. The standard InChI is InChI=1S/C14H27N3OS.HI/c15-14(17-8-11-19-12-9-17)16-7-4-10-18-13-5-2-1-3-6-13;/h13H,1-12H2,(H2,15,16);1H. The molecule has 0 aromatic rings. The number of nitrogens with two attached hydrogens (primary N) is 1. The second kappa shape index (κ2) is 11.0. The van der Waals surface area contributed by atoms with E-state index in [-0.39, 0.29) is 24.0 Å². The number of guanidine groups is 1. The molecule has 2 rings (SSSR count). The topological polar surface area (TPSA) is 50.9 Å². The van der Waals surface area contributed by atoms with Crippen molar-refractivity contribution in [3.8, 4) is 0 Å². The highest BCUT2D eigenvalue weighted by molar-refractivity contribution is 14.0. The Balaban J connectivity index is 0.00000200. The van der Waals surface area contributed by atoms with E-state index in [0.29, 0.717) is 6.10 Å². The number of aliphatic imine (C=N–C) groups is 1. The zero-order valence-corrected chi connectivity index (χ0v) is 15.4. The van der Waals surface area contributed by atoms with Gasteiger partial charge >= 0.3 is 0 Å². The van der Waals surface area contributed by atoms with Crippen LogP contribution in [0.15, 0.2) is 4.99 Å². The maximum absolute atomic E-state index is 6.00. The van der Waals surface area contributed by atoms with Crippen molar-refractivity contribution in [3.63, 3.8) is 0 Å². The van der Waals surface area contributed by atoms with Gasteiger partial charge in [0.05, 0.1) is 6.10 Å². The Morgan fingerprint density at radius 3 is 2.60 bits per heavy atom. The number of ether oxygens (including phenoxy) is 1. The first-order chi connectivity index (χ1) is 9.36. The molecule has 1 heterocycles. The van der Waals surface area contributed by atoms with Crippen molar-refractivity contribution in [2.45, 2.75) is 44.6 Å². The molecule has 2 fully saturated rings. The molecule has 1 saturated carbocycles. The van der Waals surface area contributed by atoms with Crippen LogP contribution in [-0.4, -0.2) is 54.7 Å². The molecule has 0 aromatic carbocycles. The second-order valence-corrected chi connectivity index (χ2v) is 6.55. The van der Waals surface area contributed by atoms with Gasteiger partial charge in [0.2, 0.25) is 0 Å². The van der Waals surface area contributed by atoms with Crippen molar-refractivity contribution in [2.75, 3.05) is 37.7 Å². The third-order valence-corrected chi connectivity index (χ3v) is 4.76. The lowest BCUT2D eigenvalue weighted by molar-refractivity contribution is 0.0281. The Kier molecular flexibility index (Phi) is 10.1. The summed E-state index contributed by atoms with van der Waals surface area (Å²) >= 11 is 1.99. The first-order valence-corrected chi connectivity index (χ1v) is 8.76. The number of hydrogen-bond donors (Lipinski definition) is 1. The lowest BCUT2D eigenvalue weighted by Crippen LogP contribution is -2.42. The Labute approximate surface area is 144 Å². The summed E-state index contributed by atoms with van der Waals surface area (Å²) in [4.78, 5) is 6.65. The van der Waals surface area contributed by atoms with Crippen LogP contribution in [0.3, 0.4) is 0 Å². The third kappa shape index (κ3) is 6.85. The Bertz CT molecular complexity index is 280. The zero-order valence-electron chi connectivity index (χ0n) is 12.3. The predicted octanol–water partition coefficient (Wildman–Crippen LogP) is 2.71. The summed E-state index contributed by atoms with van der Waals surface area (Å²) < 4.78 is 5.88. The van der Waals surface area contributed by atoms with Gasteiger partial charge in [0.25, 0.3) is 0 Å². The summed E-state index contributed by atoms with van der Waals surface area (Å²) in [7, 11) is 0. The van der Waals surface area contributed by atoms with Gasteiger partial charge < -0.3 is 15.4 Å². The summed E-state index contributed by atoms with van der Waals surface area (Å²) in [5, 5.41) is 0. The van der Waals surface area contributed by atoms with E-state index in [2.05, 4.69) is 9.89 Å². The highest BCUT2D eigenvalue weighted by atomic mass is 127. The maximum Gasteiger partial charge on any atom is 0.191 e. The average Bonchev–Trinajstić information content (AvgIpc) is 2.49. The maximum atomic E-state index is 6.00. The number of thioether (sulfide) groups is 1. The fourth-order valence-corrected chi connectivity index (χ4v) is 3.54. The van der Waals surface area contributed by atoms with E-state index in [1.165, 1.54) is 43.6 Å². The van der Waals surface area contributed by atoms with Crippen molar-refractivity contribution in [1.82, 2.24) is 4.90 Å². The molecule has 1 saturated heterocycles. The molecule has 0 unspecified atom stereocenters. The van der Waals surface area contributed by atoms with E-state index in [4.69, 9.17) is 10.5 Å². The minimum atomic E-state index is 0. The van der Waals surface area contributed by atoms with E-state index < -0.39 is 0 Å². The van der Waals surface area contributed by atoms with Crippen LogP contribution in [0.1, 0.15) is 38.5 Å². The molecule has 1 aliphatic carbocycles. The smallest absolute Gasteiger partial charge is 0.191 e. The first-order valence-electron chi connectivity index (χ1n) is 7.60. The van der Waals surface area contributed by atoms with Crippen LogP contribution in [0.2, 0.25) is 0 Å². The number of rotatable bonds is 5. The molecule has 2 aliphatic rings. The van der Waals surface area contributed by atoms with Gasteiger partial charge in [-0.05, 0) is 19.3 Å². The zero-order chi connectivity index (χ0) is 13.3. The van der Waals surface area contributed by atoms with Crippen molar-refractivity contribution in [3.05, 3.63) is 0 Å². The molecular formula is C14H28IN3OS. The van der Waals surface area contributed by atoms with Gasteiger partial charge in [-0.2, -0.15) is 11.8 Å². The van der Waals surface area contributed by atoms with Crippen molar-refractivity contribution < 1.29 is 4.74 Å². The van der Waals surface area contributed by atoms with Gasteiger partial charge in [0.1, 0.15) is 0 Å². The summed E-state index contributed by atoms with van der Waals surface area (Å²) in [6.45, 7) is 3.71. The molecule has 0 aromatic heterocycles. The van der Waals surface area contributed by atoms with Crippen molar-refractivity contribution in [1.29, 1.82) is 0 Å². The molecular weight excluding hydrogens is 385 g/mol. The number of nitrogens with zero attached hydrogens (tertiary/aromatic N) is 2. The highest BCUT2D eigenvalue weighted by Gasteiger charge is 2.13. The number of hydrogen-bond acceptors (Lipinski definition) is 3. The minimum absolute atomic E-state index is 0. The van der Waals surface area contributed by atoms with Gasteiger partial charge in [-0.25, -0.2) is 0 Å². The van der Waals surface area contributed by atoms with Crippen molar-refractivity contribution >= 4 is 41.7 Å². The van der Waals surface area contributed by atoms with E-state index in [9.17, 15) is 0 Å². The minimum Gasteiger partial charge on any atom is -0.378 e. The normalized spacial score (nSPS) is 21.6. The van der Waals surface area contributed by atoms with Crippen LogP contribution in [0.4, 0.5) is 0 Å². The van der Waals surface area contributed by atoms with Crippen molar-refractivity contribution in [2.24, 2.45) is 10.7 Å². The van der Waals surface area contributed by atoms with Gasteiger partial charge in [-0.1, -0.05) is 19.3 Å². The third-order valence-electron chi connectivity index (χ3n) is 3.82. The van der Waals surface area contributed by atoms with E-state index in [0.717, 1.165) is 38.6 Å². The molecule has 2 N–H and O–H groups in total. The molecule has 0 radical (unpaired) electrons. The molecule has 4 nitrogen and oxygen atoms in total. The lowest BCUT2D eigenvalue weighted by Gasteiger charge is -2.27. The molecule has 0 bridgehead atoms. The Morgan fingerprint density at radius 1 is 1.20 bits per heavy atom. The van der Waals surface area contributed by atoms with Gasteiger partial charge in [0, 0.05) is 37.7 Å². The molecule has 1 aliphatic heterocycles. The van der Waals surface area contributed by atoms with E-state index >= 15 is 0 Å². The fourth-order valence-electron chi connectivity index (χ4n) is 2.63. The van der Waals surface area contributed by atoms with E-state index in [1.54, 1.807) is 0 Å². The highest BCUT2D eigenvalue weighted by Crippen LogP contribution is 2.20. The van der Waals surface area contributed by atoms with Gasteiger partial charge in [-0.15, -0.1) is 24.0 Å². The summed E-state index contributed by atoms with van der Waals surface area (Å²) in [5.74, 6) is 3.06. The number of halogens is 1. The second-order valence-electron chi connectivity index (χ2n) is 5.32. The fraction of sp³-hybridized carbons (Fsp3) is 0.929. The largest absolute Gasteiger partial charge is 0.378 e. The van der Waals surface area contributed by atoms with Gasteiger partial charge in [-0.3, -0.25) is 4.99 Å². The molecule has 0 amide bonds. The first kappa shape index (κ1) is 18.4.